The number of aromatic amines is 1. The Morgan fingerprint density at radius 3 is 3.00 bits per heavy atom. The van der Waals surface area contributed by atoms with Crippen LogP contribution in [0.3, 0.4) is 0 Å². The predicted octanol–water partition coefficient (Wildman–Crippen LogP) is 2.45. The lowest BCUT2D eigenvalue weighted by molar-refractivity contribution is 0.515. The zero-order chi connectivity index (χ0) is 17.5. The number of pyridine rings is 1. The average molecular weight is 345 g/mol. The number of rotatable bonds is 3. The smallest absolute Gasteiger partial charge is 0.266 e. The fraction of sp³-hybridized carbons (Fsp3) is 0.211. The molecule has 1 aromatic carbocycles. The lowest BCUT2D eigenvalue weighted by atomic mass is 10.1. The molecule has 0 fully saturated rings. The van der Waals surface area contributed by atoms with Crippen molar-refractivity contribution >= 4 is 10.9 Å². The second kappa shape index (κ2) is 5.87. The van der Waals surface area contributed by atoms with Gasteiger partial charge in [0.15, 0.2) is 0 Å². The summed E-state index contributed by atoms with van der Waals surface area (Å²) in [6.07, 6.45) is 4.76. The third kappa shape index (κ3) is 2.48. The van der Waals surface area contributed by atoms with Gasteiger partial charge in [-0.05, 0) is 36.8 Å². The van der Waals surface area contributed by atoms with Gasteiger partial charge in [-0.15, -0.1) is 10.2 Å². The van der Waals surface area contributed by atoms with Crippen LogP contribution in [0.15, 0.2) is 45.9 Å². The van der Waals surface area contributed by atoms with Crippen LogP contribution in [0.5, 0.6) is 0 Å². The summed E-state index contributed by atoms with van der Waals surface area (Å²) in [5, 5.41) is 9.21. The van der Waals surface area contributed by atoms with Gasteiger partial charge in [0.05, 0.1) is 6.42 Å². The van der Waals surface area contributed by atoms with Crippen LogP contribution in [0.1, 0.15) is 29.1 Å². The molecule has 5 rings (SSSR count). The molecule has 3 aromatic heterocycles. The fourth-order valence-corrected chi connectivity index (χ4v) is 3.45. The van der Waals surface area contributed by atoms with Crippen molar-refractivity contribution < 1.29 is 4.42 Å². The number of nitrogens with one attached hydrogen (secondary N) is 1. The van der Waals surface area contributed by atoms with Gasteiger partial charge in [0.25, 0.3) is 11.4 Å². The SMILES string of the molecule is O=c1[nH]c2ccccc2cc1Cc1nnc(-c2ncnc3c2CCC3)o1. The molecular weight excluding hydrogens is 330 g/mol. The molecule has 1 aliphatic carbocycles. The summed E-state index contributed by atoms with van der Waals surface area (Å²) in [4.78, 5) is 23.8. The van der Waals surface area contributed by atoms with Crippen LogP contribution in [0.4, 0.5) is 0 Å². The zero-order valence-electron chi connectivity index (χ0n) is 13.9. The van der Waals surface area contributed by atoms with Crippen molar-refractivity contribution in [1.82, 2.24) is 25.1 Å². The minimum absolute atomic E-state index is 0.147. The minimum atomic E-state index is -0.147. The molecule has 0 unspecified atom stereocenters. The molecule has 0 atom stereocenters. The van der Waals surface area contributed by atoms with E-state index >= 15 is 0 Å². The first-order valence-electron chi connectivity index (χ1n) is 8.54. The Labute approximate surface area is 148 Å². The number of hydrogen-bond donors (Lipinski definition) is 1. The van der Waals surface area contributed by atoms with Crippen molar-refractivity contribution in [3.63, 3.8) is 0 Å². The summed E-state index contributed by atoms with van der Waals surface area (Å²) >= 11 is 0. The topological polar surface area (TPSA) is 97.6 Å². The average Bonchev–Trinajstić information content (AvgIpc) is 3.31. The van der Waals surface area contributed by atoms with E-state index in [0.29, 0.717) is 23.0 Å². The quantitative estimate of drug-likeness (QED) is 0.612. The van der Waals surface area contributed by atoms with E-state index < -0.39 is 0 Å². The largest absolute Gasteiger partial charge is 0.419 e. The van der Waals surface area contributed by atoms with Crippen molar-refractivity contribution in [1.29, 1.82) is 0 Å². The highest BCUT2D eigenvalue weighted by Gasteiger charge is 2.22. The van der Waals surface area contributed by atoms with Gasteiger partial charge in [-0.25, -0.2) is 9.97 Å². The summed E-state index contributed by atoms with van der Waals surface area (Å²) in [5.74, 6) is 0.781. The Kier molecular flexibility index (Phi) is 3.38. The van der Waals surface area contributed by atoms with E-state index in [0.717, 1.165) is 41.4 Å². The summed E-state index contributed by atoms with van der Waals surface area (Å²) < 4.78 is 5.80. The van der Waals surface area contributed by atoms with Gasteiger partial charge < -0.3 is 9.40 Å². The Bertz CT molecular complexity index is 1180. The van der Waals surface area contributed by atoms with Gasteiger partial charge in [-0.1, -0.05) is 18.2 Å². The Balaban J connectivity index is 1.49. The number of aromatic nitrogens is 5. The van der Waals surface area contributed by atoms with Gasteiger partial charge in [0.1, 0.15) is 12.0 Å². The molecule has 26 heavy (non-hydrogen) atoms. The molecule has 0 aliphatic heterocycles. The van der Waals surface area contributed by atoms with Crippen LogP contribution in [0.2, 0.25) is 0 Å². The Hall–Kier alpha value is -3.35. The molecule has 7 heteroatoms. The minimum Gasteiger partial charge on any atom is -0.419 e. The molecule has 4 aromatic rings. The third-order valence-corrected chi connectivity index (χ3v) is 4.72. The Morgan fingerprint density at radius 1 is 1.12 bits per heavy atom. The highest BCUT2D eigenvalue weighted by Crippen LogP contribution is 2.28. The lowest BCUT2D eigenvalue weighted by Crippen LogP contribution is -2.12. The van der Waals surface area contributed by atoms with Gasteiger partial charge in [-0.2, -0.15) is 0 Å². The molecule has 128 valence electrons. The molecule has 0 saturated heterocycles. The molecule has 1 aliphatic rings. The molecule has 1 N–H and O–H groups in total. The summed E-state index contributed by atoms with van der Waals surface area (Å²) in [6.45, 7) is 0. The Morgan fingerprint density at radius 2 is 2.04 bits per heavy atom. The normalized spacial score (nSPS) is 13.2. The number of fused-ring (bicyclic) bond motifs is 2. The van der Waals surface area contributed by atoms with Crippen molar-refractivity contribution in [2.75, 3.05) is 0 Å². The lowest BCUT2D eigenvalue weighted by Gasteiger charge is -2.02. The van der Waals surface area contributed by atoms with E-state index in [4.69, 9.17) is 4.42 Å². The molecule has 7 nitrogen and oxygen atoms in total. The monoisotopic (exact) mass is 345 g/mol. The van der Waals surface area contributed by atoms with Crippen LogP contribution in [-0.4, -0.2) is 25.1 Å². The number of benzene rings is 1. The maximum atomic E-state index is 12.3. The van der Waals surface area contributed by atoms with Gasteiger partial charge in [-0.3, -0.25) is 4.79 Å². The van der Waals surface area contributed by atoms with E-state index in [1.54, 1.807) is 0 Å². The maximum absolute atomic E-state index is 12.3. The first kappa shape index (κ1) is 14.9. The number of aryl methyl sites for hydroxylation is 1. The van der Waals surface area contributed by atoms with E-state index in [1.807, 2.05) is 30.3 Å². The summed E-state index contributed by atoms with van der Waals surface area (Å²) in [7, 11) is 0. The molecule has 0 bridgehead atoms. The van der Waals surface area contributed by atoms with Gasteiger partial charge in [0.2, 0.25) is 5.89 Å². The molecule has 0 spiro atoms. The molecule has 0 radical (unpaired) electrons. The van der Waals surface area contributed by atoms with Gasteiger partial charge >= 0.3 is 0 Å². The van der Waals surface area contributed by atoms with Crippen LogP contribution in [0, 0.1) is 0 Å². The highest BCUT2D eigenvalue weighted by atomic mass is 16.4. The first-order valence-corrected chi connectivity index (χ1v) is 8.54. The van der Waals surface area contributed by atoms with E-state index in [2.05, 4.69) is 25.1 Å². The number of H-pyrrole nitrogens is 1. The molecule has 3 heterocycles. The van der Waals surface area contributed by atoms with E-state index in [9.17, 15) is 4.79 Å². The number of nitrogens with zero attached hydrogens (tertiary/aromatic N) is 4. The molecule has 0 saturated carbocycles. The molecular formula is C19H15N5O2. The second-order valence-electron chi connectivity index (χ2n) is 6.39. The van der Waals surface area contributed by atoms with E-state index in [1.165, 1.54) is 6.33 Å². The fourth-order valence-electron chi connectivity index (χ4n) is 3.45. The predicted molar refractivity (Wildman–Crippen MR) is 94.7 cm³/mol. The number of para-hydroxylation sites is 1. The van der Waals surface area contributed by atoms with Crippen molar-refractivity contribution in [3.05, 3.63) is 69.7 Å². The van der Waals surface area contributed by atoms with Crippen molar-refractivity contribution in [3.8, 4) is 11.6 Å². The molecule has 0 amide bonds. The maximum Gasteiger partial charge on any atom is 0.266 e. The highest BCUT2D eigenvalue weighted by molar-refractivity contribution is 5.78. The third-order valence-electron chi connectivity index (χ3n) is 4.72. The zero-order valence-corrected chi connectivity index (χ0v) is 13.9. The van der Waals surface area contributed by atoms with E-state index in [-0.39, 0.29) is 12.0 Å². The summed E-state index contributed by atoms with van der Waals surface area (Å²) in [6, 6.07) is 9.52. The van der Waals surface area contributed by atoms with Crippen molar-refractivity contribution in [2.45, 2.75) is 25.7 Å². The van der Waals surface area contributed by atoms with Crippen LogP contribution >= 0.6 is 0 Å². The van der Waals surface area contributed by atoms with Gasteiger partial charge in [0, 0.05) is 22.3 Å². The second-order valence-corrected chi connectivity index (χ2v) is 6.39. The number of hydrogen-bond acceptors (Lipinski definition) is 6. The van der Waals surface area contributed by atoms with Crippen molar-refractivity contribution in [2.24, 2.45) is 0 Å². The first-order chi connectivity index (χ1) is 12.8. The summed E-state index contributed by atoms with van der Waals surface area (Å²) in [5.41, 5.74) is 4.10. The van der Waals surface area contributed by atoms with Crippen LogP contribution in [0.25, 0.3) is 22.5 Å². The van der Waals surface area contributed by atoms with Crippen LogP contribution < -0.4 is 5.56 Å². The van der Waals surface area contributed by atoms with Crippen LogP contribution in [-0.2, 0) is 19.3 Å². The standard InChI is InChI=1S/C19H15N5O2/c25-18-12(8-11-4-1-2-6-14(11)22-18)9-16-23-24-19(26-16)17-13-5-3-7-15(13)20-10-21-17/h1-2,4,6,8,10H,3,5,7,9H2,(H,22,25).